The first-order valence-corrected chi connectivity index (χ1v) is 6.75. The van der Waals surface area contributed by atoms with E-state index in [0.29, 0.717) is 45.3 Å². The van der Waals surface area contributed by atoms with Crippen LogP contribution in [-0.2, 0) is 14.4 Å². The number of likely N-dealkylation sites (tertiary alicyclic amines) is 1. The van der Waals surface area contributed by atoms with E-state index in [4.69, 9.17) is 5.11 Å². The van der Waals surface area contributed by atoms with E-state index in [9.17, 15) is 14.4 Å². The number of carboxylic acids is 1. The molecule has 19 heavy (non-hydrogen) atoms. The lowest BCUT2D eigenvalue weighted by Crippen LogP contribution is -2.42. The number of nitrogens with one attached hydrogen (secondary N) is 1. The van der Waals surface area contributed by atoms with Gasteiger partial charge in [0.2, 0.25) is 11.8 Å². The normalized spacial score (nSPS) is 16.2. The minimum Gasteiger partial charge on any atom is -0.481 e. The number of piperidine rings is 1. The van der Waals surface area contributed by atoms with Crippen molar-refractivity contribution in [1.29, 1.82) is 0 Å². The second kappa shape index (κ2) is 7.76. The molecule has 108 valence electrons. The molecule has 0 bridgehead atoms. The van der Waals surface area contributed by atoms with Gasteiger partial charge in [-0.25, -0.2) is 0 Å². The first kappa shape index (κ1) is 15.5. The zero-order valence-electron chi connectivity index (χ0n) is 11.4. The molecular weight excluding hydrogens is 248 g/mol. The van der Waals surface area contributed by atoms with Crippen LogP contribution in [0.25, 0.3) is 0 Å². The van der Waals surface area contributed by atoms with Crippen LogP contribution in [0.3, 0.4) is 0 Å². The van der Waals surface area contributed by atoms with E-state index in [2.05, 4.69) is 5.32 Å². The molecule has 1 aliphatic heterocycles. The molecule has 0 saturated carbocycles. The van der Waals surface area contributed by atoms with E-state index < -0.39 is 5.97 Å². The third-order valence-electron chi connectivity index (χ3n) is 3.43. The van der Waals surface area contributed by atoms with Crippen LogP contribution in [0.2, 0.25) is 0 Å². The molecule has 6 heteroatoms. The number of rotatable bonds is 6. The predicted octanol–water partition coefficient (Wildman–Crippen LogP) is 0.616. The van der Waals surface area contributed by atoms with Gasteiger partial charge in [-0.05, 0) is 25.7 Å². The van der Waals surface area contributed by atoms with Gasteiger partial charge in [0.25, 0.3) is 0 Å². The maximum Gasteiger partial charge on any atom is 0.303 e. The maximum absolute atomic E-state index is 11.8. The van der Waals surface area contributed by atoms with Crippen molar-refractivity contribution in [3.05, 3.63) is 0 Å². The highest BCUT2D eigenvalue weighted by molar-refractivity contribution is 5.79. The van der Waals surface area contributed by atoms with Crippen LogP contribution in [0.4, 0.5) is 0 Å². The highest BCUT2D eigenvalue weighted by atomic mass is 16.4. The number of aliphatic carboxylic acids is 1. The molecule has 0 unspecified atom stereocenters. The largest absolute Gasteiger partial charge is 0.481 e. The number of unbranched alkanes of at least 4 members (excludes halogenated alkanes) is 1. The Morgan fingerprint density at radius 2 is 1.84 bits per heavy atom. The molecule has 0 spiro atoms. The molecule has 0 atom stereocenters. The van der Waals surface area contributed by atoms with Crippen LogP contribution < -0.4 is 5.32 Å². The molecule has 1 saturated heterocycles. The summed E-state index contributed by atoms with van der Waals surface area (Å²) >= 11 is 0. The molecule has 0 aromatic heterocycles. The molecule has 2 amide bonds. The Hall–Kier alpha value is -1.59. The van der Waals surface area contributed by atoms with Gasteiger partial charge in [-0.3, -0.25) is 14.4 Å². The van der Waals surface area contributed by atoms with Crippen molar-refractivity contribution in [3.63, 3.8) is 0 Å². The van der Waals surface area contributed by atoms with Crippen molar-refractivity contribution in [2.24, 2.45) is 5.92 Å². The van der Waals surface area contributed by atoms with Gasteiger partial charge in [-0.1, -0.05) is 0 Å². The quantitative estimate of drug-likeness (QED) is 0.693. The third-order valence-corrected chi connectivity index (χ3v) is 3.43. The monoisotopic (exact) mass is 270 g/mol. The lowest BCUT2D eigenvalue weighted by molar-refractivity contribution is -0.137. The molecule has 0 aliphatic carbocycles. The first-order chi connectivity index (χ1) is 9.00. The van der Waals surface area contributed by atoms with Gasteiger partial charge in [0, 0.05) is 38.9 Å². The van der Waals surface area contributed by atoms with Crippen molar-refractivity contribution in [2.45, 2.75) is 39.0 Å². The lowest BCUT2D eigenvalue weighted by Gasteiger charge is -2.30. The summed E-state index contributed by atoms with van der Waals surface area (Å²) in [5.41, 5.74) is 0. The topological polar surface area (TPSA) is 86.7 Å². The lowest BCUT2D eigenvalue weighted by atomic mass is 9.96. The summed E-state index contributed by atoms with van der Waals surface area (Å²) in [6, 6.07) is 0. The zero-order chi connectivity index (χ0) is 14.3. The molecule has 0 radical (unpaired) electrons. The highest BCUT2D eigenvalue weighted by Gasteiger charge is 2.25. The van der Waals surface area contributed by atoms with Crippen LogP contribution in [0.15, 0.2) is 0 Å². The van der Waals surface area contributed by atoms with Crippen molar-refractivity contribution in [1.82, 2.24) is 10.2 Å². The van der Waals surface area contributed by atoms with E-state index >= 15 is 0 Å². The van der Waals surface area contributed by atoms with Gasteiger partial charge < -0.3 is 15.3 Å². The van der Waals surface area contributed by atoms with Gasteiger partial charge in [0.1, 0.15) is 0 Å². The molecule has 1 fully saturated rings. The molecule has 1 rings (SSSR count). The summed E-state index contributed by atoms with van der Waals surface area (Å²) in [6.45, 7) is 3.36. The van der Waals surface area contributed by atoms with Crippen LogP contribution in [0, 0.1) is 5.92 Å². The Bertz CT molecular complexity index is 336. The molecule has 1 heterocycles. The number of hydrogen-bond donors (Lipinski definition) is 2. The van der Waals surface area contributed by atoms with Gasteiger partial charge >= 0.3 is 5.97 Å². The van der Waals surface area contributed by atoms with E-state index in [1.54, 1.807) is 11.8 Å². The average Bonchev–Trinajstić information content (AvgIpc) is 2.37. The summed E-state index contributed by atoms with van der Waals surface area (Å²) in [6.07, 6.45) is 2.83. The van der Waals surface area contributed by atoms with Crippen LogP contribution in [0.1, 0.15) is 39.0 Å². The van der Waals surface area contributed by atoms with E-state index in [1.165, 1.54) is 0 Å². The van der Waals surface area contributed by atoms with Crippen LogP contribution in [-0.4, -0.2) is 47.4 Å². The SMILES string of the molecule is CC(=O)N1CCC(C(=O)NCCCCC(=O)O)CC1. The van der Waals surface area contributed by atoms with Crippen molar-refractivity contribution in [3.8, 4) is 0 Å². The molecular formula is C13H22N2O4. The van der Waals surface area contributed by atoms with Crippen molar-refractivity contribution >= 4 is 17.8 Å². The maximum atomic E-state index is 11.8. The van der Waals surface area contributed by atoms with E-state index in [-0.39, 0.29) is 24.2 Å². The fourth-order valence-electron chi connectivity index (χ4n) is 2.21. The number of hydrogen-bond acceptors (Lipinski definition) is 3. The molecule has 6 nitrogen and oxygen atoms in total. The van der Waals surface area contributed by atoms with Crippen LogP contribution >= 0.6 is 0 Å². The zero-order valence-corrected chi connectivity index (χ0v) is 11.4. The minimum atomic E-state index is -0.803. The minimum absolute atomic E-state index is 0.0185. The van der Waals surface area contributed by atoms with E-state index in [0.717, 1.165) is 0 Å². The Balaban J connectivity index is 2.14. The Morgan fingerprint density at radius 3 is 2.37 bits per heavy atom. The van der Waals surface area contributed by atoms with Gasteiger partial charge in [0.15, 0.2) is 0 Å². The number of amides is 2. The van der Waals surface area contributed by atoms with Gasteiger partial charge in [-0.2, -0.15) is 0 Å². The average molecular weight is 270 g/mol. The summed E-state index contributed by atoms with van der Waals surface area (Å²) < 4.78 is 0. The molecule has 0 aromatic carbocycles. The first-order valence-electron chi connectivity index (χ1n) is 6.75. The second-order valence-corrected chi connectivity index (χ2v) is 4.92. The number of carbonyl (C=O) groups excluding carboxylic acids is 2. The summed E-state index contributed by atoms with van der Waals surface area (Å²) in [7, 11) is 0. The Morgan fingerprint density at radius 1 is 1.21 bits per heavy atom. The van der Waals surface area contributed by atoms with Crippen LogP contribution in [0.5, 0.6) is 0 Å². The highest BCUT2D eigenvalue weighted by Crippen LogP contribution is 2.17. The summed E-state index contributed by atoms with van der Waals surface area (Å²) in [5, 5.41) is 11.3. The summed E-state index contributed by atoms with van der Waals surface area (Å²) in [5.74, 6) is -0.732. The number of carbonyl (C=O) groups is 3. The van der Waals surface area contributed by atoms with Crippen molar-refractivity contribution < 1.29 is 19.5 Å². The van der Waals surface area contributed by atoms with Gasteiger partial charge in [-0.15, -0.1) is 0 Å². The van der Waals surface area contributed by atoms with E-state index in [1.807, 2.05) is 0 Å². The Labute approximate surface area is 113 Å². The summed E-state index contributed by atoms with van der Waals surface area (Å²) in [4.78, 5) is 35.1. The molecule has 1 aliphatic rings. The number of nitrogens with zero attached hydrogens (tertiary/aromatic N) is 1. The number of carboxylic acid groups (broad SMARTS) is 1. The fraction of sp³-hybridized carbons (Fsp3) is 0.769. The second-order valence-electron chi connectivity index (χ2n) is 4.92. The van der Waals surface area contributed by atoms with Gasteiger partial charge in [0.05, 0.1) is 0 Å². The van der Waals surface area contributed by atoms with Crippen molar-refractivity contribution in [2.75, 3.05) is 19.6 Å². The standard InChI is InChI=1S/C13H22N2O4/c1-10(16)15-8-5-11(6-9-15)13(19)14-7-3-2-4-12(17)18/h11H,2-9H2,1H3,(H,14,19)(H,17,18). The molecule has 0 aromatic rings. The Kier molecular flexibility index (Phi) is 6.32. The fourth-order valence-corrected chi connectivity index (χ4v) is 2.21. The third kappa shape index (κ3) is 5.72. The molecule has 2 N–H and O–H groups in total. The predicted molar refractivity (Wildman–Crippen MR) is 69.5 cm³/mol. The smallest absolute Gasteiger partial charge is 0.303 e.